The van der Waals surface area contributed by atoms with E-state index in [0.717, 1.165) is 6.42 Å². The number of hydrogen-bond donors (Lipinski definition) is 1. The van der Waals surface area contributed by atoms with E-state index >= 15 is 0 Å². The standard InChI is InChI=1S/C16H18N/c1-13-6-5-7-14(12-13)10-11-16(17)15-8-3-2-4-9-15/h2-10,12,16H,11,17H2,1H3. The Bertz CT molecular complexity index is 462. The molecule has 1 atom stereocenters. The lowest BCUT2D eigenvalue weighted by Crippen LogP contribution is -2.10. The van der Waals surface area contributed by atoms with E-state index in [9.17, 15) is 0 Å². The van der Waals surface area contributed by atoms with Gasteiger partial charge in [-0.25, -0.2) is 0 Å². The molecule has 0 heterocycles. The van der Waals surface area contributed by atoms with Crippen molar-refractivity contribution in [2.24, 2.45) is 5.73 Å². The molecule has 0 amide bonds. The van der Waals surface area contributed by atoms with E-state index in [-0.39, 0.29) is 6.04 Å². The maximum absolute atomic E-state index is 6.15. The monoisotopic (exact) mass is 224 g/mol. The molecule has 1 nitrogen and oxygen atoms in total. The highest BCUT2D eigenvalue weighted by Gasteiger charge is 2.05. The number of hydrogen-bond acceptors (Lipinski definition) is 1. The SMILES string of the molecule is Cc1cccc([CH]CC(N)c2ccccc2)c1. The van der Waals surface area contributed by atoms with E-state index in [1.54, 1.807) is 0 Å². The molecule has 0 bridgehead atoms. The predicted octanol–water partition coefficient (Wildman–Crippen LogP) is 3.64. The minimum atomic E-state index is 0.0803. The van der Waals surface area contributed by atoms with E-state index in [1.807, 2.05) is 18.2 Å². The van der Waals surface area contributed by atoms with Crippen LogP contribution in [0.1, 0.15) is 29.2 Å². The quantitative estimate of drug-likeness (QED) is 0.843. The Labute approximate surface area is 103 Å². The lowest BCUT2D eigenvalue weighted by atomic mass is 9.99. The minimum Gasteiger partial charge on any atom is -0.324 e. The molecular formula is C16H18N. The summed E-state index contributed by atoms with van der Waals surface area (Å²) < 4.78 is 0. The summed E-state index contributed by atoms with van der Waals surface area (Å²) in [5.41, 5.74) is 9.87. The lowest BCUT2D eigenvalue weighted by Gasteiger charge is -2.11. The van der Waals surface area contributed by atoms with E-state index in [4.69, 9.17) is 5.73 Å². The van der Waals surface area contributed by atoms with Gasteiger partial charge in [-0.2, -0.15) is 0 Å². The molecule has 2 N–H and O–H groups in total. The molecule has 2 aromatic carbocycles. The summed E-state index contributed by atoms with van der Waals surface area (Å²) in [7, 11) is 0. The first-order valence-electron chi connectivity index (χ1n) is 5.96. The summed E-state index contributed by atoms with van der Waals surface area (Å²) in [5, 5.41) is 0. The van der Waals surface area contributed by atoms with Gasteiger partial charge in [0.15, 0.2) is 0 Å². The molecule has 2 rings (SSSR count). The van der Waals surface area contributed by atoms with Gasteiger partial charge >= 0.3 is 0 Å². The molecule has 1 radical (unpaired) electrons. The van der Waals surface area contributed by atoms with Crippen LogP contribution >= 0.6 is 0 Å². The molecule has 0 aliphatic heterocycles. The van der Waals surface area contributed by atoms with Crippen LogP contribution in [0.4, 0.5) is 0 Å². The van der Waals surface area contributed by atoms with Gasteiger partial charge in [0, 0.05) is 6.04 Å². The van der Waals surface area contributed by atoms with Gasteiger partial charge in [0.05, 0.1) is 0 Å². The number of nitrogens with two attached hydrogens (primary N) is 1. The Hall–Kier alpha value is -1.60. The molecule has 0 saturated heterocycles. The third kappa shape index (κ3) is 3.43. The topological polar surface area (TPSA) is 26.0 Å². The largest absolute Gasteiger partial charge is 0.324 e. The van der Waals surface area contributed by atoms with Crippen molar-refractivity contribution in [1.29, 1.82) is 0 Å². The van der Waals surface area contributed by atoms with Crippen molar-refractivity contribution in [1.82, 2.24) is 0 Å². The Kier molecular flexibility index (Phi) is 3.94. The molecule has 0 aromatic heterocycles. The molecule has 2 aromatic rings. The van der Waals surface area contributed by atoms with Crippen LogP contribution in [0.2, 0.25) is 0 Å². The first-order chi connectivity index (χ1) is 8.25. The van der Waals surface area contributed by atoms with Crippen LogP contribution in [-0.2, 0) is 0 Å². The maximum atomic E-state index is 6.15. The number of aryl methyl sites for hydroxylation is 1. The number of benzene rings is 2. The molecule has 0 fully saturated rings. The summed E-state index contributed by atoms with van der Waals surface area (Å²) >= 11 is 0. The first kappa shape index (κ1) is 11.9. The molecular weight excluding hydrogens is 206 g/mol. The highest BCUT2D eigenvalue weighted by Crippen LogP contribution is 2.18. The maximum Gasteiger partial charge on any atom is 0.0300 e. The van der Waals surface area contributed by atoms with Gasteiger partial charge in [0.2, 0.25) is 0 Å². The number of rotatable bonds is 4. The molecule has 1 unspecified atom stereocenters. The van der Waals surface area contributed by atoms with E-state index in [1.165, 1.54) is 16.7 Å². The molecule has 87 valence electrons. The molecule has 0 spiro atoms. The molecule has 17 heavy (non-hydrogen) atoms. The van der Waals surface area contributed by atoms with Gasteiger partial charge in [-0.1, -0.05) is 60.2 Å². The van der Waals surface area contributed by atoms with Gasteiger partial charge in [-0.3, -0.25) is 0 Å². The third-order valence-electron chi connectivity index (χ3n) is 2.88. The predicted molar refractivity (Wildman–Crippen MR) is 72.6 cm³/mol. The second-order valence-corrected chi connectivity index (χ2v) is 4.37. The Balaban J connectivity index is 1.95. The zero-order chi connectivity index (χ0) is 12.1. The zero-order valence-corrected chi connectivity index (χ0v) is 10.1. The summed E-state index contributed by atoms with van der Waals surface area (Å²) in [6.07, 6.45) is 3.07. The van der Waals surface area contributed by atoms with Crippen molar-refractivity contribution in [2.45, 2.75) is 19.4 Å². The zero-order valence-electron chi connectivity index (χ0n) is 10.1. The van der Waals surface area contributed by atoms with Crippen LogP contribution in [0.15, 0.2) is 54.6 Å². The lowest BCUT2D eigenvalue weighted by molar-refractivity contribution is 0.718. The van der Waals surface area contributed by atoms with Crippen molar-refractivity contribution in [3.05, 3.63) is 77.7 Å². The molecule has 0 aliphatic rings. The summed E-state index contributed by atoms with van der Waals surface area (Å²) in [5.74, 6) is 0. The van der Waals surface area contributed by atoms with Gasteiger partial charge < -0.3 is 5.73 Å². The van der Waals surface area contributed by atoms with Crippen molar-refractivity contribution < 1.29 is 0 Å². The fourth-order valence-corrected chi connectivity index (χ4v) is 1.90. The van der Waals surface area contributed by atoms with Crippen LogP contribution in [0, 0.1) is 13.3 Å². The normalized spacial score (nSPS) is 12.4. The minimum absolute atomic E-state index is 0.0803. The van der Waals surface area contributed by atoms with Crippen molar-refractivity contribution in [3.63, 3.8) is 0 Å². The van der Waals surface area contributed by atoms with Crippen molar-refractivity contribution in [3.8, 4) is 0 Å². The van der Waals surface area contributed by atoms with Crippen LogP contribution in [0.25, 0.3) is 0 Å². The third-order valence-corrected chi connectivity index (χ3v) is 2.88. The summed E-state index contributed by atoms with van der Waals surface area (Å²) in [6, 6.07) is 18.8. The van der Waals surface area contributed by atoms with Gasteiger partial charge in [0.25, 0.3) is 0 Å². The second-order valence-electron chi connectivity index (χ2n) is 4.37. The van der Waals surface area contributed by atoms with Crippen molar-refractivity contribution in [2.75, 3.05) is 0 Å². The van der Waals surface area contributed by atoms with Crippen LogP contribution in [0.5, 0.6) is 0 Å². The average molecular weight is 224 g/mol. The van der Waals surface area contributed by atoms with Crippen LogP contribution < -0.4 is 5.73 Å². The van der Waals surface area contributed by atoms with Crippen LogP contribution in [0.3, 0.4) is 0 Å². The Morgan fingerprint density at radius 2 is 1.82 bits per heavy atom. The second kappa shape index (κ2) is 5.65. The highest BCUT2D eigenvalue weighted by atomic mass is 14.6. The summed E-state index contributed by atoms with van der Waals surface area (Å²) in [4.78, 5) is 0. The van der Waals surface area contributed by atoms with E-state index in [2.05, 4.69) is 49.7 Å². The summed E-state index contributed by atoms with van der Waals surface area (Å²) in [6.45, 7) is 2.11. The Morgan fingerprint density at radius 3 is 2.53 bits per heavy atom. The van der Waals surface area contributed by atoms with E-state index in [0.29, 0.717) is 0 Å². The fraction of sp³-hybridized carbons (Fsp3) is 0.188. The molecule has 0 aliphatic carbocycles. The van der Waals surface area contributed by atoms with E-state index < -0.39 is 0 Å². The average Bonchev–Trinajstić information content (AvgIpc) is 2.37. The van der Waals surface area contributed by atoms with Gasteiger partial charge in [-0.05, 0) is 30.9 Å². The van der Waals surface area contributed by atoms with Crippen molar-refractivity contribution >= 4 is 0 Å². The molecule has 0 saturated carbocycles. The van der Waals surface area contributed by atoms with Gasteiger partial charge in [0.1, 0.15) is 0 Å². The van der Waals surface area contributed by atoms with Crippen LogP contribution in [-0.4, -0.2) is 0 Å². The van der Waals surface area contributed by atoms with Gasteiger partial charge in [-0.15, -0.1) is 0 Å². The first-order valence-corrected chi connectivity index (χ1v) is 5.96. The Morgan fingerprint density at radius 1 is 1.06 bits per heavy atom. The molecule has 1 heteroatoms. The fourth-order valence-electron chi connectivity index (χ4n) is 1.90. The highest BCUT2D eigenvalue weighted by molar-refractivity contribution is 5.29. The smallest absolute Gasteiger partial charge is 0.0300 e.